The molecular formula is C13H27O2. The molecule has 0 aromatic carbocycles. The number of hydrogen-bond donors (Lipinski definition) is 0. The molecule has 0 aliphatic rings. The van der Waals surface area contributed by atoms with E-state index in [0.29, 0.717) is 23.7 Å². The van der Waals surface area contributed by atoms with E-state index < -0.39 is 0 Å². The molecule has 0 fully saturated rings. The fourth-order valence-corrected chi connectivity index (χ4v) is 0.815. The summed E-state index contributed by atoms with van der Waals surface area (Å²) in [5.74, 6) is 2.47. The Morgan fingerprint density at radius 1 is 0.733 bits per heavy atom. The number of rotatable bonds is 8. The smallest absolute Gasteiger partial charge is 0.209 e. The molecule has 0 rings (SSSR count). The molecule has 0 saturated carbocycles. The van der Waals surface area contributed by atoms with E-state index in [0.717, 1.165) is 13.2 Å². The van der Waals surface area contributed by atoms with Crippen LogP contribution in [0.15, 0.2) is 0 Å². The third-order valence-electron chi connectivity index (χ3n) is 3.13. The highest BCUT2D eigenvalue weighted by atomic mass is 16.7. The second-order valence-electron chi connectivity index (χ2n) is 5.21. The molecule has 91 valence electrons. The fourth-order valence-electron chi connectivity index (χ4n) is 0.815. The Kier molecular flexibility index (Phi) is 8.07. The Morgan fingerprint density at radius 2 is 1.07 bits per heavy atom. The van der Waals surface area contributed by atoms with E-state index in [1.165, 1.54) is 6.79 Å². The molecule has 0 bridgehead atoms. The van der Waals surface area contributed by atoms with Crippen molar-refractivity contribution in [1.29, 1.82) is 0 Å². The van der Waals surface area contributed by atoms with Crippen LogP contribution < -0.4 is 0 Å². The van der Waals surface area contributed by atoms with Crippen molar-refractivity contribution in [3.05, 3.63) is 6.79 Å². The molecule has 0 aliphatic heterocycles. The Labute approximate surface area is 95.3 Å². The molecule has 2 heteroatoms. The highest BCUT2D eigenvalue weighted by Gasteiger charge is 2.09. The zero-order valence-corrected chi connectivity index (χ0v) is 11.1. The molecular weight excluding hydrogens is 188 g/mol. The van der Waals surface area contributed by atoms with Crippen molar-refractivity contribution >= 4 is 0 Å². The number of ether oxygens (including phenoxy) is 2. The second kappa shape index (κ2) is 8.12. The quantitative estimate of drug-likeness (QED) is 0.574. The average Bonchev–Trinajstić information content (AvgIpc) is 2.16. The first-order valence-electron chi connectivity index (χ1n) is 6.00. The standard InChI is InChI=1S/C13H27O2/c1-10(2)12(5)7-14-9-15-8-13(6)11(3)4/h9-13H,7-8H2,1-6H3. The van der Waals surface area contributed by atoms with E-state index in [1.54, 1.807) is 0 Å². The molecule has 2 unspecified atom stereocenters. The molecule has 2 nitrogen and oxygen atoms in total. The molecule has 1 radical (unpaired) electrons. The summed E-state index contributed by atoms with van der Waals surface area (Å²) >= 11 is 0. The van der Waals surface area contributed by atoms with Gasteiger partial charge in [0.1, 0.15) is 0 Å². The van der Waals surface area contributed by atoms with Gasteiger partial charge in [0.2, 0.25) is 6.79 Å². The molecule has 2 atom stereocenters. The first-order valence-corrected chi connectivity index (χ1v) is 6.00. The van der Waals surface area contributed by atoms with E-state index in [9.17, 15) is 0 Å². The van der Waals surface area contributed by atoms with Crippen molar-refractivity contribution in [3.8, 4) is 0 Å². The van der Waals surface area contributed by atoms with Gasteiger partial charge < -0.3 is 9.47 Å². The predicted molar refractivity (Wildman–Crippen MR) is 64.2 cm³/mol. The maximum Gasteiger partial charge on any atom is 0.209 e. The Bertz CT molecular complexity index is 127. The minimum atomic E-state index is 0.576. The molecule has 0 spiro atoms. The minimum absolute atomic E-state index is 0.576. The van der Waals surface area contributed by atoms with Gasteiger partial charge in [-0.15, -0.1) is 0 Å². The molecule has 0 aromatic rings. The van der Waals surface area contributed by atoms with Gasteiger partial charge in [0.25, 0.3) is 0 Å². The Balaban J connectivity index is 3.32. The van der Waals surface area contributed by atoms with Gasteiger partial charge in [-0.25, -0.2) is 0 Å². The van der Waals surface area contributed by atoms with Crippen LogP contribution in [-0.2, 0) is 9.47 Å². The maximum atomic E-state index is 5.34. The molecule has 15 heavy (non-hydrogen) atoms. The average molecular weight is 215 g/mol. The third kappa shape index (κ3) is 7.80. The van der Waals surface area contributed by atoms with Gasteiger partial charge in [0.05, 0.1) is 13.2 Å². The Hall–Kier alpha value is -0.0800. The van der Waals surface area contributed by atoms with Crippen molar-refractivity contribution in [2.75, 3.05) is 13.2 Å². The SMILES string of the molecule is CC(C)C(C)CO[CH]OCC(C)C(C)C. The first-order chi connectivity index (χ1) is 6.95. The molecule has 0 saturated heterocycles. The van der Waals surface area contributed by atoms with Gasteiger partial charge in [-0.1, -0.05) is 41.5 Å². The van der Waals surface area contributed by atoms with Crippen LogP contribution in [0.25, 0.3) is 0 Å². The summed E-state index contributed by atoms with van der Waals surface area (Å²) in [5.41, 5.74) is 0. The van der Waals surface area contributed by atoms with Gasteiger partial charge >= 0.3 is 0 Å². The van der Waals surface area contributed by atoms with Crippen LogP contribution >= 0.6 is 0 Å². The summed E-state index contributed by atoms with van der Waals surface area (Å²) in [6, 6.07) is 0. The van der Waals surface area contributed by atoms with Crippen molar-refractivity contribution in [3.63, 3.8) is 0 Å². The van der Waals surface area contributed by atoms with E-state index >= 15 is 0 Å². The van der Waals surface area contributed by atoms with Gasteiger partial charge in [-0.2, -0.15) is 0 Å². The van der Waals surface area contributed by atoms with Crippen molar-refractivity contribution in [1.82, 2.24) is 0 Å². The lowest BCUT2D eigenvalue weighted by Gasteiger charge is -2.17. The van der Waals surface area contributed by atoms with Crippen molar-refractivity contribution < 1.29 is 9.47 Å². The van der Waals surface area contributed by atoms with Gasteiger partial charge in [-0.05, 0) is 23.7 Å². The fraction of sp³-hybridized carbons (Fsp3) is 0.923. The number of hydrogen-bond acceptors (Lipinski definition) is 2. The second-order valence-corrected chi connectivity index (χ2v) is 5.21. The lowest BCUT2D eigenvalue weighted by Crippen LogP contribution is -2.14. The van der Waals surface area contributed by atoms with Crippen LogP contribution in [0.4, 0.5) is 0 Å². The van der Waals surface area contributed by atoms with Crippen molar-refractivity contribution in [2.24, 2.45) is 23.7 Å². The van der Waals surface area contributed by atoms with Crippen LogP contribution in [0.1, 0.15) is 41.5 Å². The first kappa shape index (κ1) is 14.9. The van der Waals surface area contributed by atoms with Crippen LogP contribution in [-0.4, -0.2) is 13.2 Å². The molecule has 0 amide bonds. The van der Waals surface area contributed by atoms with E-state index in [4.69, 9.17) is 9.47 Å². The van der Waals surface area contributed by atoms with E-state index in [1.807, 2.05) is 0 Å². The lowest BCUT2D eigenvalue weighted by molar-refractivity contribution is -0.0112. The largest absolute Gasteiger partial charge is 0.348 e. The summed E-state index contributed by atoms with van der Waals surface area (Å²) in [7, 11) is 0. The van der Waals surface area contributed by atoms with Crippen LogP contribution in [0.3, 0.4) is 0 Å². The summed E-state index contributed by atoms with van der Waals surface area (Å²) in [5, 5.41) is 0. The highest BCUT2D eigenvalue weighted by Crippen LogP contribution is 2.12. The summed E-state index contributed by atoms with van der Waals surface area (Å²) in [6.07, 6.45) is 0. The van der Waals surface area contributed by atoms with E-state index in [2.05, 4.69) is 41.5 Å². The molecule has 0 aromatic heterocycles. The molecule has 0 N–H and O–H groups in total. The zero-order chi connectivity index (χ0) is 11.8. The lowest BCUT2D eigenvalue weighted by atomic mass is 9.99. The van der Waals surface area contributed by atoms with Crippen molar-refractivity contribution in [2.45, 2.75) is 41.5 Å². The van der Waals surface area contributed by atoms with Crippen LogP contribution in [0.5, 0.6) is 0 Å². The molecule has 0 aliphatic carbocycles. The summed E-state index contributed by atoms with van der Waals surface area (Å²) < 4.78 is 10.7. The normalized spacial score (nSPS) is 16.0. The van der Waals surface area contributed by atoms with E-state index in [-0.39, 0.29) is 0 Å². The van der Waals surface area contributed by atoms with Gasteiger partial charge in [0.15, 0.2) is 0 Å². The van der Waals surface area contributed by atoms with Gasteiger partial charge in [0, 0.05) is 0 Å². The van der Waals surface area contributed by atoms with Gasteiger partial charge in [-0.3, -0.25) is 0 Å². The Morgan fingerprint density at radius 3 is 1.33 bits per heavy atom. The maximum absolute atomic E-state index is 5.34. The topological polar surface area (TPSA) is 18.5 Å². The van der Waals surface area contributed by atoms with Crippen LogP contribution in [0, 0.1) is 30.5 Å². The third-order valence-corrected chi connectivity index (χ3v) is 3.13. The minimum Gasteiger partial charge on any atom is -0.348 e. The summed E-state index contributed by atoms with van der Waals surface area (Å²) in [4.78, 5) is 0. The zero-order valence-electron chi connectivity index (χ0n) is 11.1. The van der Waals surface area contributed by atoms with Crippen LogP contribution in [0.2, 0.25) is 0 Å². The summed E-state index contributed by atoms with van der Waals surface area (Å²) in [6.45, 7) is 16.2. The highest BCUT2D eigenvalue weighted by molar-refractivity contribution is 4.57. The molecule has 0 heterocycles. The predicted octanol–water partition coefficient (Wildman–Crippen LogP) is 3.72. The monoisotopic (exact) mass is 215 g/mol.